The Morgan fingerprint density at radius 3 is 2.80 bits per heavy atom. The van der Waals surface area contributed by atoms with Gasteiger partial charge in [0.1, 0.15) is 0 Å². The van der Waals surface area contributed by atoms with E-state index in [2.05, 4.69) is 5.32 Å². The smallest absolute Gasteiger partial charge is 0.299 e. The van der Waals surface area contributed by atoms with Crippen molar-refractivity contribution in [2.45, 2.75) is 26.4 Å². The number of nitrogens with one attached hydrogen (secondary N) is 1. The fourth-order valence-electron chi connectivity index (χ4n) is 2.32. The molecule has 1 amide bonds. The van der Waals surface area contributed by atoms with Gasteiger partial charge >= 0.3 is 0 Å². The van der Waals surface area contributed by atoms with Crippen molar-refractivity contribution in [2.75, 3.05) is 24.5 Å². The van der Waals surface area contributed by atoms with Crippen LogP contribution < -0.4 is 10.2 Å². The van der Waals surface area contributed by atoms with Crippen LogP contribution in [0.25, 0.3) is 0 Å². The lowest BCUT2D eigenvalue weighted by Gasteiger charge is -2.20. The molecule has 0 aromatic heterocycles. The lowest BCUT2D eigenvalue weighted by molar-refractivity contribution is -0.114. The highest BCUT2D eigenvalue weighted by atomic mass is 16.3. The van der Waals surface area contributed by atoms with Crippen LogP contribution in [-0.4, -0.2) is 42.5 Å². The number of hydrogen-bond acceptors (Lipinski definition) is 4. The second-order valence-corrected chi connectivity index (χ2v) is 5.12. The Morgan fingerprint density at radius 2 is 2.10 bits per heavy atom. The molecule has 1 unspecified atom stereocenters. The minimum atomic E-state index is -0.689. The monoisotopic (exact) mass is 276 g/mol. The minimum absolute atomic E-state index is 0.136. The molecule has 5 nitrogen and oxygen atoms in total. The molecule has 2 rings (SSSR count). The lowest BCUT2D eigenvalue weighted by Crippen LogP contribution is -2.41. The van der Waals surface area contributed by atoms with Gasteiger partial charge in [0.05, 0.1) is 23.9 Å². The van der Waals surface area contributed by atoms with Crippen LogP contribution in [0.2, 0.25) is 0 Å². The van der Waals surface area contributed by atoms with Gasteiger partial charge in [-0.25, -0.2) is 0 Å². The summed E-state index contributed by atoms with van der Waals surface area (Å²) in [5, 5.41) is 13.0. The molecule has 1 atom stereocenters. The summed E-state index contributed by atoms with van der Waals surface area (Å²) in [5.74, 6) is -1.04. The molecule has 0 radical (unpaired) electrons. The number of hydrogen-bond donors (Lipinski definition) is 2. The molecule has 1 aromatic rings. The van der Waals surface area contributed by atoms with Gasteiger partial charge in [-0.05, 0) is 32.0 Å². The first-order valence-electron chi connectivity index (χ1n) is 6.90. The van der Waals surface area contributed by atoms with E-state index in [1.165, 1.54) is 4.90 Å². The molecular weight excluding hydrogens is 256 g/mol. The second kappa shape index (κ2) is 6.15. The maximum atomic E-state index is 12.0. The SMILES string of the molecule is CCCNCC(O)CN1C(=O)C(=O)c2cc(C)ccc21. The molecule has 0 fully saturated rings. The van der Waals surface area contributed by atoms with Crippen LogP contribution in [0.1, 0.15) is 29.3 Å². The van der Waals surface area contributed by atoms with E-state index in [-0.39, 0.29) is 6.54 Å². The van der Waals surface area contributed by atoms with Gasteiger partial charge in [0, 0.05) is 6.54 Å². The molecule has 1 aromatic carbocycles. The maximum absolute atomic E-state index is 12.0. The first-order chi connectivity index (χ1) is 9.54. The molecule has 5 heteroatoms. The number of aryl methyl sites for hydroxylation is 1. The third kappa shape index (κ3) is 2.89. The van der Waals surface area contributed by atoms with Gasteiger partial charge in [-0.15, -0.1) is 0 Å². The molecule has 1 aliphatic rings. The van der Waals surface area contributed by atoms with Crippen molar-refractivity contribution >= 4 is 17.4 Å². The topological polar surface area (TPSA) is 69.6 Å². The van der Waals surface area contributed by atoms with E-state index in [9.17, 15) is 14.7 Å². The van der Waals surface area contributed by atoms with Crippen LogP contribution in [0.15, 0.2) is 18.2 Å². The zero-order chi connectivity index (χ0) is 14.7. The van der Waals surface area contributed by atoms with Gasteiger partial charge in [-0.1, -0.05) is 18.6 Å². The summed E-state index contributed by atoms with van der Waals surface area (Å²) in [5.41, 5.74) is 1.97. The van der Waals surface area contributed by atoms with E-state index in [1.807, 2.05) is 19.9 Å². The Labute approximate surface area is 118 Å². The molecule has 20 heavy (non-hydrogen) atoms. The van der Waals surface area contributed by atoms with E-state index < -0.39 is 17.8 Å². The number of carbonyl (C=O) groups excluding carboxylic acids is 2. The predicted molar refractivity (Wildman–Crippen MR) is 77.0 cm³/mol. The summed E-state index contributed by atoms with van der Waals surface area (Å²) in [6, 6.07) is 5.34. The summed E-state index contributed by atoms with van der Waals surface area (Å²) in [4.78, 5) is 25.3. The van der Waals surface area contributed by atoms with Gasteiger partial charge in [-0.3, -0.25) is 9.59 Å². The largest absolute Gasteiger partial charge is 0.390 e. The van der Waals surface area contributed by atoms with E-state index >= 15 is 0 Å². The number of aliphatic hydroxyl groups is 1. The number of fused-ring (bicyclic) bond motifs is 1. The van der Waals surface area contributed by atoms with Gasteiger partial charge in [0.15, 0.2) is 0 Å². The Morgan fingerprint density at radius 1 is 1.35 bits per heavy atom. The minimum Gasteiger partial charge on any atom is -0.390 e. The van der Waals surface area contributed by atoms with Crippen molar-refractivity contribution in [3.8, 4) is 0 Å². The first-order valence-corrected chi connectivity index (χ1v) is 6.90. The Kier molecular flexibility index (Phi) is 4.52. The summed E-state index contributed by atoms with van der Waals surface area (Å²) < 4.78 is 0. The van der Waals surface area contributed by atoms with Crippen molar-refractivity contribution in [1.82, 2.24) is 5.32 Å². The number of carbonyl (C=O) groups is 2. The maximum Gasteiger partial charge on any atom is 0.299 e. The van der Waals surface area contributed by atoms with Crippen molar-refractivity contribution in [2.24, 2.45) is 0 Å². The molecular formula is C15H20N2O3. The molecule has 0 aliphatic carbocycles. The number of anilines is 1. The molecule has 0 saturated heterocycles. The quantitative estimate of drug-likeness (QED) is 0.598. The lowest BCUT2D eigenvalue weighted by atomic mass is 10.1. The van der Waals surface area contributed by atoms with E-state index in [0.717, 1.165) is 18.5 Å². The Hall–Kier alpha value is -1.72. The van der Waals surface area contributed by atoms with Crippen molar-refractivity contribution in [3.05, 3.63) is 29.3 Å². The third-order valence-corrected chi connectivity index (χ3v) is 3.33. The number of ketones is 1. The summed E-state index contributed by atoms with van der Waals surface area (Å²) >= 11 is 0. The zero-order valence-corrected chi connectivity index (χ0v) is 11.8. The highest BCUT2D eigenvalue weighted by molar-refractivity contribution is 6.52. The van der Waals surface area contributed by atoms with Crippen LogP contribution in [-0.2, 0) is 4.79 Å². The van der Waals surface area contributed by atoms with Gasteiger partial charge in [0.25, 0.3) is 11.7 Å². The Balaban J connectivity index is 2.10. The second-order valence-electron chi connectivity index (χ2n) is 5.12. The van der Waals surface area contributed by atoms with Crippen molar-refractivity contribution in [1.29, 1.82) is 0 Å². The molecule has 0 spiro atoms. The standard InChI is InChI=1S/C15H20N2O3/c1-3-6-16-8-11(18)9-17-13-5-4-10(2)7-12(13)14(19)15(17)20/h4-5,7,11,16,18H,3,6,8-9H2,1-2H3. The van der Waals surface area contributed by atoms with Crippen LogP contribution in [0.5, 0.6) is 0 Å². The number of β-amino-alcohol motifs (C(OH)–C–C–N with tert-alkyl or cyclic N) is 1. The molecule has 1 aliphatic heterocycles. The average Bonchev–Trinajstić information content (AvgIpc) is 2.64. The third-order valence-electron chi connectivity index (χ3n) is 3.33. The number of nitrogens with zero attached hydrogens (tertiary/aromatic N) is 1. The van der Waals surface area contributed by atoms with Gasteiger partial charge in [-0.2, -0.15) is 0 Å². The predicted octanol–water partition coefficient (Wildman–Crippen LogP) is 0.885. The molecule has 0 saturated carbocycles. The van der Waals surface area contributed by atoms with Crippen molar-refractivity contribution < 1.29 is 14.7 Å². The van der Waals surface area contributed by atoms with Crippen LogP contribution in [0, 0.1) is 6.92 Å². The zero-order valence-electron chi connectivity index (χ0n) is 11.8. The Bertz CT molecular complexity index is 528. The van der Waals surface area contributed by atoms with Crippen LogP contribution in [0.4, 0.5) is 5.69 Å². The van der Waals surface area contributed by atoms with E-state index in [0.29, 0.717) is 17.8 Å². The highest BCUT2D eigenvalue weighted by Crippen LogP contribution is 2.29. The number of Topliss-reactive ketones (excluding diaryl/α,β-unsaturated/α-hetero) is 1. The summed E-state index contributed by atoms with van der Waals surface area (Å²) in [7, 11) is 0. The van der Waals surface area contributed by atoms with Gasteiger partial charge < -0.3 is 15.3 Å². The van der Waals surface area contributed by atoms with Crippen LogP contribution >= 0.6 is 0 Å². The highest BCUT2D eigenvalue weighted by Gasteiger charge is 2.36. The number of aliphatic hydroxyl groups excluding tert-OH is 1. The molecule has 108 valence electrons. The number of benzene rings is 1. The summed E-state index contributed by atoms with van der Waals surface area (Å²) in [6.07, 6.45) is 0.293. The molecule has 1 heterocycles. The number of rotatable bonds is 6. The first kappa shape index (κ1) is 14.7. The van der Waals surface area contributed by atoms with Gasteiger partial charge in [0.2, 0.25) is 0 Å². The fraction of sp³-hybridized carbons (Fsp3) is 0.467. The van der Waals surface area contributed by atoms with E-state index in [1.54, 1.807) is 12.1 Å². The normalized spacial score (nSPS) is 15.7. The molecule has 0 bridgehead atoms. The van der Waals surface area contributed by atoms with Crippen LogP contribution in [0.3, 0.4) is 0 Å². The summed E-state index contributed by atoms with van der Waals surface area (Å²) in [6.45, 7) is 5.29. The van der Waals surface area contributed by atoms with E-state index in [4.69, 9.17) is 0 Å². The molecule has 2 N–H and O–H groups in total. The average molecular weight is 276 g/mol. The number of amides is 1. The van der Waals surface area contributed by atoms with Crippen molar-refractivity contribution in [3.63, 3.8) is 0 Å². The fourth-order valence-corrected chi connectivity index (χ4v) is 2.32.